The molecule has 0 radical (unpaired) electrons. The van der Waals surface area contributed by atoms with Crippen LogP contribution in [0.25, 0.3) is 10.9 Å². The molecule has 0 amide bonds. The normalized spacial score (nSPS) is 30.4. The van der Waals surface area contributed by atoms with Crippen molar-refractivity contribution in [1.82, 2.24) is 10.2 Å². The highest BCUT2D eigenvalue weighted by molar-refractivity contribution is 5.91. The molecule has 3 N–H and O–H groups in total. The van der Waals surface area contributed by atoms with Crippen molar-refractivity contribution in [3.05, 3.63) is 47.9 Å². The Morgan fingerprint density at radius 3 is 2.68 bits per heavy atom. The van der Waals surface area contributed by atoms with Gasteiger partial charge in [-0.2, -0.15) is 18.3 Å². The van der Waals surface area contributed by atoms with E-state index in [1.54, 1.807) is 45.4 Å². The number of benzene rings is 1. The predicted molar refractivity (Wildman–Crippen MR) is 113 cm³/mol. The van der Waals surface area contributed by atoms with Gasteiger partial charge in [0.1, 0.15) is 0 Å². The number of fused-ring (bicyclic) bond motifs is 2. The average molecular weight is 435 g/mol. The summed E-state index contributed by atoms with van der Waals surface area (Å²) < 4.78 is 48.9. The van der Waals surface area contributed by atoms with Gasteiger partial charge in [-0.05, 0) is 48.0 Å². The van der Waals surface area contributed by atoms with Gasteiger partial charge in [0, 0.05) is 17.0 Å². The molecule has 0 bridgehead atoms. The first-order valence-electron chi connectivity index (χ1n) is 10.5. The van der Waals surface area contributed by atoms with E-state index in [0.29, 0.717) is 27.9 Å². The van der Waals surface area contributed by atoms with E-state index in [9.17, 15) is 18.3 Å². The summed E-state index contributed by atoms with van der Waals surface area (Å²) in [4.78, 5) is 0. The van der Waals surface area contributed by atoms with Gasteiger partial charge in [-0.1, -0.05) is 32.9 Å². The molecule has 1 fully saturated rings. The van der Waals surface area contributed by atoms with Crippen LogP contribution < -0.4 is 5.32 Å². The number of alkyl halides is 3. The number of rotatable bonds is 4. The van der Waals surface area contributed by atoms with E-state index in [-0.39, 0.29) is 11.8 Å². The van der Waals surface area contributed by atoms with E-state index in [1.807, 2.05) is 19.1 Å². The van der Waals surface area contributed by atoms with Gasteiger partial charge in [-0.3, -0.25) is 5.10 Å². The first kappa shape index (κ1) is 21.7. The molecule has 2 aliphatic rings. The van der Waals surface area contributed by atoms with Gasteiger partial charge in [0.2, 0.25) is 0 Å². The summed E-state index contributed by atoms with van der Waals surface area (Å²) in [5.41, 5.74) is -2.10. The molecule has 0 saturated heterocycles. The molecule has 2 aliphatic carbocycles. The number of nitrogens with one attached hydrogen (secondary N) is 2. The zero-order valence-corrected chi connectivity index (χ0v) is 18.0. The molecular weight excluding hydrogens is 407 g/mol. The summed E-state index contributed by atoms with van der Waals surface area (Å²) in [6, 6.07) is 3.88. The second-order valence-corrected chi connectivity index (χ2v) is 9.25. The second-order valence-electron chi connectivity index (χ2n) is 9.25. The van der Waals surface area contributed by atoms with Crippen molar-refractivity contribution in [3.63, 3.8) is 0 Å². The maximum absolute atomic E-state index is 14.4. The number of hydrogen-bond donors (Lipinski definition) is 3. The van der Waals surface area contributed by atoms with Crippen LogP contribution in [-0.2, 0) is 4.74 Å². The highest BCUT2D eigenvalue weighted by Gasteiger charge is 2.66. The van der Waals surface area contributed by atoms with E-state index in [0.717, 1.165) is 6.42 Å². The molecule has 5 nitrogen and oxygen atoms in total. The van der Waals surface area contributed by atoms with Crippen LogP contribution in [-0.4, -0.2) is 40.2 Å². The van der Waals surface area contributed by atoms with Crippen molar-refractivity contribution in [3.8, 4) is 0 Å². The number of ether oxygens (including phenoxy) is 1. The maximum atomic E-state index is 14.4. The van der Waals surface area contributed by atoms with E-state index in [2.05, 4.69) is 15.5 Å². The Hall–Kier alpha value is -2.48. The minimum Gasteiger partial charge on any atom is -0.501 e. The summed E-state index contributed by atoms with van der Waals surface area (Å²) in [6.45, 7) is 5.49. The highest BCUT2D eigenvalue weighted by Crippen LogP contribution is 2.57. The molecule has 168 valence electrons. The third-order valence-corrected chi connectivity index (χ3v) is 6.70. The molecule has 0 spiro atoms. The van der Waals surface area contributed by atoms with Gasteiger partial charge < -0.3 is 15.2 Å². The minimum atomic E-state index is -4.83. The third-order valence-electron chi connectivity index (χ3n) is 6.70. The number of aliphatic hydroxyl groups is 1. The zero-order chi connectivity index (χ0) is 22.6. The first-order chi connectivity index (χ1) is 14.5. The molecule has 4 atom stereocenters. The summed E-state index contributed by atoms with van der Waals surface area (Å²) in [5.74, 6) is 0.220. The standard InChI is InChI=1S/C23H28F3N3O2/c1-5-13-9-14-19(18(10-13)31-4)21(2,3)12-22(30,23(24,25)26)20(14)28-16-7-6-8-17-15(16)11-27-29-17/h6-11,13,19-20,28,30H,5,12H2,1-4H3,(H,27,29). The van der Waals surface area contributed by atoms with Crippen LogP contribution in [0, 0.1) is 17.3 Å². The Labute approximate surface area is 179 Å². The lowest BCUT2D eigenvalue weighted by atomic mass is 9.56. The molecule has 1 heterocycles. The third kappa shape index (κ3) is 3.41. The van der Waals surface area contributed by atoms with Crippen LogP contribution >= 0.6 is 0 Å². The first-order valence-corrected chi connectivity index (χ1v) is 10.5. The summed E-state index contributed by atoms with van der Waals surface area (Å²) in [7, 11) is 1.55. The number of H-pyrrole nitrogens is 1. The van der Waals surface area contributed by atoms with Crippen LogP contribution in [0.2, 0.25) is 0 Å². The van der Waals surface area contributed by atoms with Gasteiger partial charge in [-0.15, -0.1) is 0 Å². The fraction of sp³-hybridized carbons (Fsp3) is 0.522. The van der Waals surface area contributed by atoms with Crippen molar-refractivity contribution in [1.29, 1.82) is 0 Å². The van der Waals surface area contributed by atoms with Gasteiger partial charge in [0.15, 0.2) is 5.60 Å². The SMILES string of the molecule is CCC1C=C(OC)C2C(=C1)C(Nc1cccc3[nH]ncc13)C(O)(C(F)(F)F)CC2(C)C. The Bertz CT molecular complexity index is 1040. The maximum Gasteiger partial charge on any atom is 0.419 e. The van der Waals surface area contributed by atoms with Gasteiger partial charge in [0.05, 0.1) is 30.6 Å². The topological polar surface area (TPSA) is 70.2 Å². The fourth-order valence-electron chi connectivity index (χ4n) is 5.27. The lowest BCUT2D eigenvalue weighted by molar-refractivity contribution is -0.280. The number of anilines is 1. The lowest BCUT2D eigenvalue weighted by Gasteiger charge is -2.54. The van der Waals surface area contributed by atoms with E-state index in [1.165, 1.54) is 0 Å². The lowest BCUT2D eigenvalue weighted by Crippen LogP contribution is -2.65. The van der Waals surface area contributed by atoms with Gasteiger partial charge in [-0.25, -0.2) is 0 Å². The second kappa shape index (κ2) is 7.29. The number of aromatic nitrogens is 2. The van der Waals surface area contributed by atoms with Crippen LogP contribution in [0.5, 0.6) is 0 Å². The van der Waals surface area contributed by atoms with E-state index in [4.69, 9.17) is 4.74 Å². The fourth-order valence-corrected chi connectivity index (χ4v) is 5.27. The van der Waals surface area contributed by atoms with Crippen LogP contribution in [0.15, 0.2) is 47.9 Å². The Balaban J connectivity index is 1.89. The quantitative estimate of drug-likeness (QED) is 0.579. The van der Waals surface area contributed by atoms with Crippen LogP contribution in [0.1, 0.15) is 33.6 Å². The molecule has 0 aliphatic heterocycles. The summed E-state index contributed by atoms with van der Waals surface area (Å²) in [5, 5.41) is 21.8. The molecule has 31 heavy (non-hydrogen) atoms. The molecule has 1 aromatic heterocycles. The number of methoxy groups -OCH3 is 1. The van der Waals surface area contributed by atoms with E-state index < -0.39 is 29.7 Å². The van der Waals surface area contributed by atoms with Crippen molar-refractivity contribution >= 4 is 16.6 Å². The molecule has 1 saturated carbocycles. The number of halogens is 3. The number of nitrogens with zero attached hydrogens (tertiary/aromatic N) is 1. The van der Waals surface area contributed by atoms with Gasteiger partial charge >= 0.3 is 6.18 Å². The predicted octanol–water partition coefficient (Wildman–Crippen LogP) is 5.18. The Kier molecular flexibility index (Phi) is 5.11. The van der Waals surface area contributed by atoms with Crippen LogP contribution in [0.4, 0.5) is 18.9 Å². The number of hydrogen-bond acceptors (Lipinski definition) is 4. The number of allylic oxidation sites excluding steroid dienone is 3. The molecule has 8 heteroatoms. The highest BCUT2D eigenvalue weighted by atomic mass is 19.4. The average Bonchev–Trinajstić information content (AvgIpc) is 3.18. The van der Waals surface area contributed by atoms with Crippen molar-refractivity contribution < 1.29 is 23.0 Å². The molecule has 1 aromatic carbocycles. The minimum absolute atomic E-state index is 0.0680. The van der Waals surface area contributed by atoms with Crippen LogP contribution in [0.3, 0.4) is 0 Å². The molecular formula is C23H28F3N3O2. The Morgan fingerprint density at radius 2 is 2.03 bits per heavy atom. The van der Waals surface area contributed by atoms with Gasteiger partial charge in [0.25, 0.3) is 0 Å². The van der Waals surface area contributed by atoms with Crippen molar-refractivity contribution in [2.24, 2.45) is 17.3 Å². The Morgan fingerprint density at radius 1 is 1.29 bits per heavy atom. The summed E-state index contributed by atoms with van der Waals surface area (Å²) >= 11 is 0. The smallest absolute Gasteiger partial charge is 0.419 e. The zero-order valence-electron chi connectivity index (χ0n) is 18.0. The number of aromatic amines is 1. The molecule has 4 rings (SSSR count). The van der Waals surface area contributed by atoms with E-state index >= 15 is 0 Å². The summed E-state index contributed by atoms with van der Waals surface area (Å²) in [6.07, 6.45) is 0.868. The monoisotopic (exact) mass is 435 g/mol. The largest absolute Gasteiger partial charge is 0.501 e. The molecule has 4 unspecified atom stereocenters. The van der Waals surface area contributed by atoms with Crippen molar-refractivity contribution in [2.75, 3.05) is 12.4 Å². The molecule has 2 aromatic rings. The van der Waals surface area contributed by atoms with Crippen molar-refractivity contribution in [2.45, 2.75) is 51.4 Å².